The zero-order valence-electron chi connectivity index (χ0n) is 34.3. The van der Waals surface area contributed by atoms with Crippen LogP contribution in [0.4, 0.5) is 0 Å². The van der Waals surface area contributed by atoms with Crippen LogP contribution in [-0.2, 0) is 5.41 Å². The summed E-state index contributed by atoms with van der Waals surface area (Å²) in [5, 5.41) is 5.16. The van der Waals surface area contributed by atoms with Gasteiger partial charge < -0.3 is 4.42 Å². The van der Waals surface area contributed by atoms with Crippen molar-refractivity contribution in [2.45, 2.75) is 5.41 Å². The zero-order chi connectivity index (χ0) is 41.9. The van der Waals surface area contributed by atoms with Gasteiger partial charge in [0.25, 0.3) is 0 Å². The molecule has 0 saturated carbocycles. The number of para-hydroxylation sites is 2. The molecular weight excluding hydrogens is 781 g/mol. The monoisotopic (exact) mass is 814 g/mol. The van der Waals surface area contributed by atoms with Gasteiger partial charge in [0.2, 0.25) is 0 Å². The van der Waals surface area contributed by atoms with Gasteiger partial charge in [0.15, 0.2) is 17.5 Å². The molecule has 12 aromatic rings. The van der Waals surface area contributed by atoms with Crippen LogP contribution < -0.4 is 0 Å². The van der Waals surface area contributed by atoms with E-state index in [4.69, 9.17) is 24.4 Å². The summed E-state index contributed by atoms with van der Waals surface area (Å²) in [5.41, 5.74) is 16.7. The predicted molar refractivity (Wildman–Crippen MR) is 258 cm³/mol. The highest BCUT2D eigenvalue weighted by atomic mass is 16.3. The number of nitrogens with zero attached hydrogens (tertiary/aromatic N) is 4. The first-order chi connectivity index (χ1) is 31.7. The van der Waals surface area contributed by atoms with Crippen LogP contribution in [0.2, 0.25) is 0 Å². The van der Waals surface area contributed by atoms with E-state index in [0.29, 0.717) is 17.5 Å². The number of rotatable bonds is 4. The second-order valence-corrected chi connectivity index (χ2v) is 16.8. The van der Waals surface area contributed by atoms with Gasteiger partial charge >= 0.3 is 0 Å². The molecule has 9 aromatic carbocycles. The van der Waals surface area contributed by atoms with Gasteiger partial charge in [-0.05, 0) is 68.8 Å². The van der Waals surface area contributed by atoms with Crippen molar-refractivity contribution in [3.63, 3.8) is 0 Å². The summed E-state index contributed by atoms with van der Waals surface area (Å²) >= 11 is 0. The largest absolute Gasteiger partial charge is 0.455 e. The van der Waals surface area contributed by atoms with Gasteiger partial charge in [0, 0.05) is 43.6 Å². The van der Waals surface area contributed by atoms with E-state index in [0.717, 1.165) is 71.6 Å². The number of pyridine rings is 1. The van der Waals surface area contributed by atoms with Crippen molar-refractivity contribution in [2.75, 3.05) is 0 Å². The molecule has 3 heterocycles. The highest BCUT2D eigenvalue weighted by Gasteiger charge is 2.51. The lowest BCUT2D eigenvalue weighted by molar-refractivity contribution is 0.670. The minimum atomic E-state index is -0.493. The standard InChI is InChI=1S/C59H34N4O/c1-3-17-35(18-4-1)56-61-57(36-19-5-2-6-20-36)63-58(62-56)45-34-44-52(53-43-25-11-16-30-51(43)64-55(45)53)42-24-10-15-29-50(42)60-54(44)37-31-32-41-40-23-9-14-28-48(40)59(49(41)33-37)46-26-12-7-21-38(46)39-22-8-13-27-47(39)59/h1-34H. The van der Waals surface area contributed by atoms with Crippen molar-refractivity contribution in [1.29, 1.82) is 0 Å². The SMILES string of the molecule is c1ccc(-c2nc(-c3ccccc3)nc(-c3cc4c(-c5ccc6c(c5)C5(c7ccccc7-c7ccccc75)c5ccccc5-6)nc5ccccc5c4c4c3oc3ccccc34)n2)cc1. The molecule has 0 unspecified atom stereocenters. The van der Waals surface area contributed by atoms with E-state index in [1.807, 2.05) is 72.8 Å². The van der Waals surface area contributed by atoms with E-state index in [2.05, 4.69) is 133 Å². The molecule has 296 valence electrons. The molecule has 0 amide bonds. The Hall–Kier alpha value is -8.54. The van der Waals surface area contributed by atoms with Crippen LogP contribution in [0.3, 0.4) is 0 Å². The van der Waals surface area contributed by atoms with Crippen molar-refractivity contribution < 1.29 is 4.42 Å². The molecule has 2 aliphatic carbocycles. The molecule has 0 bridgehead atoms. The van der Waals surface area contributed by atoms with Gasteiger partial charge in [0.1, 0.15) is 11.2 Å². The molecule has 1 spiro atoms. The van der Waals surface area contributed by atoms with E-state index in [1.54, 1.807) is 0 Å². The Balaban J connectivity index is 1.10. The maximum Gasteiger partial charge on any atom is 0.167 e. The first-order valence-corrected chi connectivity index (χ1v) is 21.7. The summed E-state index contributed by atoms with van der Waals surface area (Å²) in [7, 11) is 0. The van der Waals surface area contributed by atoms with Gasteiger partial charge in [-0.25, -0.2) is 19.9 Å². The van der Waals surface area contributed by atoms with Gasteiger partial charge in [-0.1, -0.05) is 182 Å². The van der Waals surface area contributed by atoms with Crippen LogP contribution in [0.5, 0.6) is 0 Å². The summed E-state index contributed by atoms with van der Waals surface area (Å²) < 4.78 is 6.94. The van der Waals surface area contributed by atoms with Gasteiger partial charge in [-0.3, -0.25) is 0 Å². The maximum atomic E-state index is 6.94. The van der Waals surface area contributed by atoms with Crippen LogP contribution in [0.1, 0.15) is 22.3 Å². The molecule has 0 fully saturated rings. The summed E-state index contributed by atoms with van der Waals surface area (Å²) in [6.07, 6.45) is 0. The van der Waals surface area contributed by atoms with E-state index < -0.39 is 5.41 Å². The quantitative estimate of drug-likeness (QED) is 0.166. The molecule has 0 atom stereocenters. The molecule has 0 radical (unpaired) electrons. The van der Waals surface area contributed by atoms with E-state index in [9.17, 15) is 0 Å². The zero-order valence-corrected chi connectivity index (χ0v) is 34.3. The lowest BCUT2D eigenvalue weighted by Gasteiger charge is -2.30. The number of aromatic nitrogens is 4. The fourth-order valence-corrected chi connectivity index (χ4v) is 10.9. The molecule has 0 N–H and O–H groups in total. The smallest absolute Gasteiger partial charge is 0.167 e. The molecule has 0 saturated heterocycles. The number of hydrogen-bond donors (Lipinski definition) is 0. The van der Waals surface area contributed by atoms with Gasteiger partial charge in [0.05, 0.1) is 22.2 Å². The Morgan fingerprint density at radius 3 is 1.48 bits per heavy atom. The molecule has 64 heavy (non-hydrogen) atoms. The maximum absolute atomic E-state index is 6.94. The lowest BCUT2D eigenvalue weighted by atomic mass is 9.70. The minimum Gasteiger partial charge on any atom is -0.455 e. The molecule has 2 aliphatic rings. The topological polar surface area (TPSA) is 64.7 Å². The number of furan rings is 1. The summed E-state index contributed by atoms with van der Waals surface area (Å²) in [5.74, 6) is 1.71. The summed E-state index contributed by atoms with van der Waals surface area (Å²) in [6, 6.07) is 73.1. The van der Waals surface area contributed by atoms with Crippen molar-refractivity contribution in [1.82, 2.24) is 19.9 Å². The number of fused-ring (bicyclic) bond motifs is 17. The first kappa shape index (κ1) is 35.1. The summed E-state index contributed by atoms with van der Waals surface area (Å²) in [4.78, 5) is 21.1. The Labute approximate surface area is 368 Å². The predicted octanol–water partition coefficient (Wildman–Crippen LogP) is 14.5. The van der Waals surface area contributed by atoms with Crippen LogP contribution in [0.25, 0.3) is 111 Å². The van der Waals surface area contributed by atoms with Crippen LogP contribution in [0.15, 0.2) is 211 Å². The van der Waals surface area contributed by atoms with Crippen molar-refractivity contribution in [3.8, 4) is 67.7 Å². The third kappa shape index (κ3) is 4.78. The number of hydrogen-bond acceptors (Lipinski definition) is 5. The molecule has 3 aromatic heterocycles. The highest BCUT2D eigenvalue weighted by Crippen LogP contribution is 2.63. The Kier molecular flexibility index (Phi) is 7.26. The van der Waals surface area contributed by atoms with Crippen molar-refractivity contribution >= 4 is 43.6 Å². The third-order valence-electron chi connectivity index (χ3n) is 13.5. The second kappa shape index (κ2) is 13.2. The Bertz CT molecular complexity index is 3790. The Morgan fingerprint density at radius 1 is 0.328 bits per heavy atom. The lowest BCUT2D eigenvalue weighted by Crippen LogP contribution is -2.25. The molecule has 5 heteroatoms. The second-order valence-electron chi connectivity index (χ2n) is 16.8. The van der Waals surface area contributed by atoms with E-state index in [1.165, 1.54) is 44.5 Å². The third-order valence-corrected chi connectivity index (χ3v) is 13.5. The first-order valence-electron chi connectivity index (χ1n) is 21.7. The van der Waals surface area contributed by atoms with Gasteiger partial charge in [-0.15, -0.1) is 0 Å². The molecule has 0 aliphatic heterocycles. The Morgan fingerprint density at radius 2 is 0.844 bits per heavy atom. The molecule has 5 nitrogen and oxygen atoms in total. The van der Waals surface area contributed by atoms with Crippen LogP contribution >= 0.6 is 0 Å². The van der Waals surface area contributed by atoms with Crippen LogP contribution in [-0.4, -0.2) is 19.9 Å². The minimum absolute atomic E-state index is 0.493. The number of benzene rings is 9. The van der Waals surface area contributed by atoms with E-state index >= 15 is 0 Å². The van der Waals surface area contributed by atoms with Crippen molar-refractivity contribution in [3.05, 3.63) is 229 Å². The van der Waals surface area contributed by atoms with Gasteiger partial charge in [-0.2, -0.15) is 0 Å². The highest BCUT2D eigenvalue weighted by molar-refractivity contribution is 6.30. The van der Waals surface area contributed by atoms with Crippen LogP contribution in [0, 0.1) is 0 Å². The summed E-state index contributed by atoms with van der Waals surface area (Å²) in [6.45, 7) is 0. The molecule has 14 rings (SSSR count). The van der Waals surface area contributed by atoms with Crippen molar-refractivity contribution in [2.24, 2.45) is 0 Å². The molecular formula is C59H34N4O. The fourth-order valence-electron chi connectivity index (χ4n) is 10.9. The average Bonchev–Trinajstić information content (AvgIpc) is 4.01. The fraction of sp³-hybridized carbons (Fsp3) is 0.0169. The van der Waals surface area contributed by atoms with E-state index in [-0.39, 0.29) is 0 Å². The normalized spacial score (nSPS) is 13.1. The average molecular weight is 815 g/mol.